The maximum absolute atomic E-state index is 12.5. The number of ether oxygens (including phenoxy) is 1. The molecule has 0 aliphatic heterocycles. The largest absolute Gasteiger partial charge is 0.445 e. The molecule has 35 heavy (non-hydrogen) atoms. The zero-order chi connectivity index (χ0) is 23.6. The molecule has 0 unspecified atom stereocenters. The average molecular weight is 481 g/mol. The van der Waals surface area contributed by atoms with Crippen LogP contribution in [0.5, 0.6) is 0 Å². The number of carbonyl (C=O) groups is 1. The summed E-state index contributed by atoms with van der Waals surface area (Å²) in [5.41, 5.74) is 6.19. The minimum absolute atomic E-state index is 0.0389. The van der Waals surface area contributed by atoms with E-state index in [9.17, 15) is 4.79 Å². The van der Waals surface area contributed by atoms with Crippen molar-refractivity contribution in [2.24, 2.45) is 0 Å². The Hall–Kier alpha value is -3.31. The van der Waals surface area contributed by atoms with Gasteiger partial charge in [-0.25, -0.2) is 4.79 Å². The number of carbonyl (C=O) groups excluding carboxylic acids is 1. The number of thioether (sulfide) groups is 1. The molecule has 2 aliphatic carbocycles. The fraction of sp³-hybridized carbons (Fsp3) is 0.267. The van der Waals surface area contributed by atoms with Gasteiger partial charge in [0.1, 0.15) is 6.61 Å². The molecule has 4 nitrogen and oxygen atoms in total. The van der Waals surface area contributed by atoms with Crippen molar-refractivity contribution in [2.45, 2.75) is 54.9 Å². The lowest BCUT2D eigenvalue weighted by molar-refractivity contribution is 0.136. The summed E-state index contributed by atoms with van der Waals surface area (Å²) < 4.78 is 5.49. The zero-order valence-electron chi connectivity index (χ0n) is 19.6. The number of aromatic nitrogens is 1. The number of fused-ring (bicyclic) bond motifs is 2. The first-order chi connectivity index (χ1) is 17.2. The molecule has 1 saturated carbocycles. The van der Waals surface area contributed by atoms with Crippen LogP contribution < -0.4 is 5.32 Å². The first-order valence-corrected chi connectivity index (χ1v) is 13.3. The fourth-order valence-electron chi connectivity index (χ4n) is 4.90. The molecule has 4 aromatic rings. The minimum Gasteiger partial charge on any atom is -0.445 e. The van der Waals surface area contributed by atoms with E-state index in [1.165, 1.54) is 50.9 Å². The Morgan fingerprint density at radius 3 is 2.46 bits per heavy atom. The van der Waals surface area contributed by atoms with E-state index in [2.05, 4.69) is 47.8 Å². The number of nitrogens with one attached hydrogen (secondary N) is 1. The van der Waals surface area contributed by atoms with Crippen LogP contribution in [-0.4, -0.2) is 17.1 Å². The molecule has 1 heterocycles. The summed E-state index contributed by atoms with van der Waals surface area (Å²) in [7, 11) is 0. The molecular weight excluding hydrogens is 452 g/mol. The van der Waals surface area contributed by atoms with E-state index >= 15 is 0 Å². The summed E-state index contributed by atoms with van der Waals surface area (Å²) in [5.74, 6) is 1.54. The molecule has 0 spiro atoms. The van der Waals surface area contributed by atoms with Crippen molar-refractivity contribution in [2.75, 3.05) is 0 Å². The standard InChI is InChI=1S/C30H28N2O2S/c33-30(34-18-20-7-3-1-4-8-20)32-25-14-23-13-24-17-31-28(22-11-12-22)16-27(24)29(26(23)15-25)35-19-21-9-5-2-6-10-21/h1-10,13,16-17,22,25H,11-12,14-15,18-19H2,(H,32,33)/t25-/m1/s1. The number of nitrogens with zero attached hydrogens (tertiary/aromatic N) is 1. The fourth-order valence-corrected chi connectivity index (χ4v) is 6.12. The molecule has 3 aromatic carbocycles. The molecule has 2 aliphatic rings. The van der Waals surface area contributed by atoms with Crippen molar-refractivity contribution in [3.63, 3.8) is 0 Å². The lowest BCUT2D eigenvalue weighted by Gasteiger charge is -2.14. The van der Waals surface area contributed by atoms with Gasteiger partial charge < -0.3 is 10.1 Å². The molecular formula is C30H28N2O2S. The molecule has 0 bridgehead atoms. The molecule has 5 heteroatoms. The minimum atomic E-state index is -0.354. The van der Waals surface area contributed by atoms with Gasteiger partial charge in [0.2, 0.25) is 0 Å². The lowest BCUT2D eigenvalue weighted by atomic mass is 10.0. The van der Waals surface area contributed by atoms with Gasteiger partial charge in [0, 0.05) is 39.9 Å². The third-order valence-electron chi connectivity index (χ3n) is 6.87. The molecule has 0 radical (unpaired) electrons. The van der Waals surface area contributed by atoms with Gasteiger partial charge in [0.15, 0.2) is 0 Å². The van der Waals surface area contributed by atoms with E-state index in [4.69, 9.17) is 9.72 Å². The Bertz CT molecular complexity index is 1350. The Balaban J connectivity index is 1.23. The van der Waals surface area contributed by atoms with Crippen LogP contribution in [-0.2, 0) is 29.9 Å². The van der Waals surface area contributed by atoms with Gasteiger partial charge in [0.25, 0.3) is 0 Å². The number of rotatable bonds is 7. The number of amides is 1. The SMILES string of the molecule is O=C(N[C@@H]1Cc2cc3cnc(C4CC4)cc3c(SCc3ccccc3)c2C1)OCc1ccccc1. The predicted octanol–water partition coefficient (Wildman–Crippen LogP) is 6.80. The highest BCUT2D eigenvalue weighted by Crippen LogP contribution is 2.43. The molecule has 1 N–H and O–H groups in total. The van der Waals surface area contributed by atoms with Crippen LogP contribution in [0, 0.1) is 0 Å². The zero-order valence-corrected chi connectivity index (χ0v) is 20.4. The van der Waals surface area contributed by atoms with E-state index < -0.39 is 0 Å². The van der Waals surface area contributed by atoms with Crippen molar-refractivity contribution in [3.8, 4) is 0 Å². The molecule has 1 amide bonds. The predicted molar refractivity (Wildman–Crippen MR) is 141 cm³/mol. The van der Waals surface area contributed by atoms with Gasteiger partial charge >= 0.3 is 6.09 Å². The quantitative estimate of drug-likeness (QED) is 0.296. The van der Waals surface area contributed by atoms with E-state index in [0.29, 0.717) is 5.92 Å². The molecule has 1 fully saturated rings. The van der Waals surface area contributed by atoms with Crippen LogP contribution in [0.4, 0.5) is 4.79 Å². The topological polar surface area (TPSA) is 51.2 Å². The normalized spacial score (nSPS) is 16.7. The second-order valence-electron chi connectivity index (χ2n) is 9.53. The Morgan fingerprint density at radius 1 is 0.971 bits per heavy atom. The highest BCUT2D eigenvalue weighted by atomic mass is 32.2. The van der Waals surface area contributed by atoms with Crippen molar-refractivity contribution in [1.29, 1.82) is 0 Å². The number of pyridine rings is 1. The smallest absolute Gasteiger partial charge is 0.407 e. The first-order valence-electron chi connectivity index (χ1n) is 12.3. The van der Waals surface area contributed by atoms with E-state index in [0.717, 1.165) is 24.2 Å². The van der Waals surface area contributed by atoms with Crippen molar-refractivity contribution < 1.29 is 9.53 Å². The Labute approximate surface area is 210 Å². The van der Waals surface area contributed by atoms with E-state index in [1.54, 1.807) is 0 Å². The first kappa shape index (κ1) is 22.2. The van der Waals surface area contributed by atoms with Gasteiger partial charge in [0.05, 0.1) is 0 Å². The van der Waals surface area contributed by atoms with Crippen LogP contribution in [0.1, 0.15) is 46.7 Å². The number of hydrogen-bond donors (Lipinski definition) is 1. The van der Waals surface area contributed by atoms with E-state index in [-0.39, 0.29) is 18.7 Å². The molecule has 0 saturated heterocycles. The van der Waals surface area contributed by atoms with Gasteiger partial charge in [-0.1, -0.05) is 60.7 Å². The summed E-state index contributed by atoms with van der Waals surface area (Å²) in [4.78, 5) is 18.6. The summed E-state index contributed by atoms with van der Waals surface area (Å²) >= 11 is 1.91. The summed E-state index contributed by atoms with van der Waals surface area (Å²) in [6.07, 6.45) is 5.82. The number of hydrogen-bond acceptors (Lipinski definition) is 4. The molecule has 1 atom stereocenters. The molecule has 176 valence electrons. The summed E-state index contributed by atoms with van der Waals surface area (Å²) in [6, 6.07) is 25.0. The third kappa shape index (κ3) is 5.06. The van der Waals surface area contributed by atoms with Gasteiger partial charge in [-0.15, -0.1) is 11.8 Å². The Kier molecular flexibility index (Phi) is 6.17. The molecule has 1 aromatic heterocycles. The second kappa shape index (κ2) is 9.74. The van der Waals surface area contributed by atoms with Gasteiger partial charge in [-0.3, -0.25) is 4.98 Å². The Morgan fingerprint density at radius 2 is 1.71 bits per heavy atom. The molecule has 6 rings (SSSR count). The number of alkyl carbamates (subject to hydrolysis) is 1. The maximum atomic E-state index is 12.5. The lowest BCUT2D eigenvalue weighted by Crippen LogP contribution is -2.35. The summed E-state index contributed by atoms with van der Waals surface area (Å²) in [5, 5.41) is 5.60. The van der Waals surface area contributed by atoms with Gasteiger partial charge in [-0.05, 0) is 65.5 Å². The maximum Gasteiger partial charge on any atom is 0.407 e. The third-order valence-corrected chi connectivity index (χ3v) is 8.10. The van der Waals surface area contributed by atoms with Crippen LogP contribution in [0.15, 0.2) is 83.9 Å². The second-order valence-corrected chi connectivity index (χ2v) is 10.5. The van der Waals surface area contributed by atoms with Crippen LogP contribution in [0.25, 0.3) is 10.8 Å². The van der Waals surface area contributed by atoms with E-state index in [1.807, 2.05) is 48.3 Å². The van der Waals surface area contributed by atoms with Crippen molar-refractivity contribution in [3.05, 3.63) is 107 Å². The number of benzene rings is 3. The van der Waals surface area contributed by atoms with Crippen molar-refractivity contribution in [1.82, 2.24) is 10.3 Å². The highest BCUT2D eigenvalue weighted by molar-refractivity contribution is 7.98. The van der Waals surface area contributed by atoms with Crippen LogP contribution >= 0.6 is 11.8 Å². The van der Waals surface area contributed by atoms with Crippen molar-refractivity contribution >= 4 is 28.6 Å². The van der Waals surface area contributed by atoms with Crippen LogP contribution in [0.3, 0.4) is 0 Å². The monoisotopic (exact) mass is 480 g/mol. The van der Waals surface area contributed by atoms with Gasteiger partial charge in [-0.2, -0.15) is 0 Å². The summed E-state index contributed by atoms with van der Waals surface area (Å²) in [6.45, 7) is 0.282. The van der Waals surface area contributed by atoms with Crippen LogP contribution in [0.2, 0.25) is 0 Å². The highest BCUT2D eigenvalue weighted by Gasteiger charge is 2.29. The average Bonchev–Trinajstić information content (AvgIpc) is 3.67.